The summed E-state index contributed by atoms with van der Waals surface area (Å²) in [5.74, 6) is 0. The normalized spacial score (nSPS) is 13.6. The zero-order valence-corrected chi connectivity index (χ0v) is 25.7. The van der Waals surface area contributed by atoms with Gasteiger partial charge in [-0.25, -0.2) is 0 Å². The van der Waals surface area contributed by atoms with E-state index >= 15 is 0 Å². The SMILES string of the molecule is Cc1cccc2sc3ccc(-c4cccc(-c5ccc6c(c5)C5(c7ccccc7-c7ccccc75)c5ccccc5-6)c4)cc3c12. The molecule has 7 aromatic carbocycles. The number of rotatable bonds is 2. The van der Waals surface area contributed by atoms with Crippen LogP contribution in [-0.4, -0.2) is 0 Å². The molecule has 0 fully saturated rings. The summed E-state index contributed by atoms with van der Waals surface area (Å²) in [5, 5.41) is 2.74. The zero-order valence-electron chi connectivity index (χ0n) is 24.8. The van der Waals surface area contributed by atoms with Crippen molar-refractivity contribution in [2.75, 3.05) is 0 Å². The molecule has 0 aliphatic heterocycles. The van der Waals surface area contributed by atoms with Crippen molar-refractivity contribution in [1.29, 1.82) is 0 Å². The summed E-state index contributed by atoms with van der Waals surface area (Å²) in [6.07, 6.45) is 0. The Kier molecular flexibility index (Phi) is 5.10. The van der Waals surface area contributed by atoms with Crippen LogP contribution >= 0.6 is 11.3 Å². The minimum atomic E-state index is -0.324. The van der Waals surface area contributed by atoms with E-state index in [9.17, 15) is 0 Å². The highest BCUT2D eigenvalue weighted by Gasteiger charge is 2.51. The summed E-state index contributed by atoms with van der Waals surface area (Å²) in [4.78, 5) is 0. The summed E-state index contributed by atoms with van der Waals surface area (Å²) in [7, 11) is 0. The number of hydrogen-bond donors (Lipinski definition) is 0. The topological polar surface area (TPSA) is 0 Å². The van der Waals surface area contributed by atoms with Gasteiger partial charge in [0.25, 0.3) is 0 Å². The lowest BCUT2D eigenvalue weighted by Gasteiger charge is -2.30. The van der Waals surface area contributed by atoms with E-state index in [0.717, 1.165) is 0 Å². The molecule has 0 saturated carbocycles. The van der Waals surface area contributed by atoms with E-state index in [0.29, 0.717) is 0 Å². The van der Waals surface area contributed by atoms with Crippen LogP contribution in [0.1, 0.15) is 27.8 Å². The Bertz CT molecular complexity index is 2450. The molecule has 0 radical (unpaired) electrons. The maximum absolute atomic E-state index is 2.48. The smallest absolute Gasteiger partial charge is 0.0725 e. The van der Waals surface area contributed by atoms with Gasteiger partial charge in [-0.05, 0) is 110 Å². The minimum absolute atomic E-state index is 0.324. The van der Waals surface area contributed by atoms with Crippen molar-refractivity contribution in [3.63, 3.8) is 0 Å². The third-order valence-electron chi connectivity index (χ3n) is 10.2. The molecule has 0 atom stereocenters. The van der Waals surface area contributed by atoms with Gasteiger partial charge in [-0.3, -0.25) is 0 Å². The van der Waals surface area contributed by atoms with Gasteiger partial charge in [0.05, 0.1) is 5.41 Å². The largest absolute Gasteiger partial charge is 0.135 e. The number of thiophene rings is 1. The first-order valence-electron chi connectivity index (χ1n) is 15.7. The highest BCUT2D eigenvalue weighted by atomic mass is 32.1. The van der Waals surface area contributed by atoms with Crippen LogP contribution in [0.2, 0.25) is 0 Å². The molecule has 8 aromatic rings. The molecule has 10 rings (SSSR count). The predicted molar refractivity (Wildman–Crippen MR) is 191 cm³/mol. The molecule has 0 saturated heterocycles. The minimum Gasteiger partial charge on any atom is -0.135 e. The number of benzene rings is 7. The monoisotopic (exact) mass is 588 g/mol. The van der Waals surface area contributed by atoms with E-state index in [2.05, 4.69) is 159 Å². The van der Waals surface area contributed by atoms with E-state index in [-0.39, 0.29) is 5.41 Å². The van der Waals surface area contributed by atoms with Crippen LogP contribution in [0.15, 0.2) is 152 Å². The molecule has 1 aromatic heterocycles. The van der Waals surface area contributed by atoms with E-state index in [4.69, 9.17) is 0 Å². The highest BCUT2D eigenvalue weighted by Crippen LogP contribution is 2.63. The summed E-state index contributed by atoms with van der Waals surface area (Å²) in [6.45, 7) is 2.22. The van der Waals surface area contributed by atoms with Gasteiger partial charge in [-0.1, -0.05) is 121 Å². The predicted octanol–water partition coefficient (Wildman–Crippen LogP) is 12.0. The van der Waals surface area contributed by atoms with Crippen molar-refractivity contribution in [2.45, 2.75) is 12.3 Å². The maximum atomic E-state index is 2.48. The van der Waals surface area contributed by atoms with Crippen LogP contribution in [0, 0.1) is 6.92 Å². The Balaban J connectivity index is 1.17. The fourth-order valence-electron chi connectivity index (χ4n) is 8.34. The summed E-state index contributed by atoms with van der Waals surface area (Å²) in [6, 6.07) is 56.9. The number of aryl methyl sites for hydroxylation is 1. The van der Waals surface area contributed by atoms with E-state index in [1.54, 1.807) is 0 Å². The summed E-state index contributed by atoms with van der Waals surface area (Å²) in [5.41, 5.74) is 16.9. The van der Waals surface area contributed by atoms with E-state index in [1.807, 2.05) is 11.3 Å². The van der Waals surface area contributed by atoms with Crippen molar-refractivity contribution < 1.29 is 0 Å². The molecular weight excluding hydrogens is 561 g/mol. The third-order valence-corrected chi connectivity index (χ3v) is 11.4. The van der Waals surface area contributed by atoms with Gasteiger partial charge in [0.15, 0.2) is 0 Å². The Morgan fingerprint density at radius 1 is 0.400 bits per heavy atom. The standard InChI is InChI=1S/C44H28S/c1-27-10-8-19-42-43(27)36-25-30(21-23-41(36)45-42)28-11-9-12-29(24-28)31-20-22-35-34-15-4-7-18-39(34)44(40(35)26-31)37-16-5-2-13-32(37)33-14-3-6-17-38(33)44/h2-26H,1H3. The molecule has 2 aliphatic carbocycles. The van der Waals surface area contributed by atoms with Crippen molar-refractivity contribution in [2.24, 2.45) is 0 Å². The van der Waals surface area contributed by atoms with Crippen molar-refractivity contribution in [3.05, 3.63) is 179 Å². The summed E-state index contributed by atoms with van der Waals surface area (Å²) >= 11 is 1.89. The van der Waals surface area contributed by atoms with E-state index in [1.165, 1.54) is 92.5 Å². The summed E-state index contributed by atoms with van der Waals surface area (Å²) < 4.78 is 2.71. The van der Waals surface area contributed by atoms with Gasteiger partial charge < -0.3 is 0 Å². The van der Waals surface area contributed by atoms with Crippen LogP contribution in [0.3, 0.4) is 0 Å². The Morgan fingerprint density at radius 3 is 1.60 bits per heavy atom. The van der Waals surface area contributed by atoms with Crippen LogP contribution in [0.5, 0.6) is 0 Å². The molecule has 0 N–H and O–H groups in total. The molecule has 1 heteroatoms. The second kappa shape index (κ2) is 9.14. The number of fused-ring (bicyclic) bond motifs is 13. The first-order valence-corrected chi connectivity index (χ1v) is 16.5. The van der Waals surface area contributed by atoms with Crippen molar-refractivity contribution in [3.8, 4) is 44.5 Å². The van der Waals surface area contributed by atoms with E-state index < -0.39 is 0 Å². The lowest BCUT2D eigenvalue weighted by atomic mass is 9.70. The average Bonchev–Trinajstić information content (AvgIpc) is 3.72. The highest BCUT2D eigenvalue weighted by molar-refractivity contribution is 7.25. The third kappa shape index (κ3) is 3.31. The molecule has 1 heterocycles. The fourth-order valence-corrected chi connectivity index (χ4v) is 9.50. The van der Waals surface area contributed by atoms with Gasteiger partial charge in [0.2, 0.25) is 0 Å². The first kappa shape index (κ1) is 25.1. The maximum Gasteiger partial charge on any atom is 0.0725 e. The Morgan fingerprint density at radius 2 is 0.933 bits per heavy atom. The molecule has 0 unspecified atom stereocenters. The van der Waals surface area contributed by atoms with Gasteiger partial charge in [-0.15, -0.1) is 11.3 Å². The average molecular weight is 589 g/mol. The Hall–Kier alpha value is -5.24. The van der Waals surface area contributed by atoms with Crippen molar-refractivity contribution in [1.82, 2.24) is 0 Å². The lowest BCUT2D eigenvalue weighted by molar-refractivity contribution is 0.794. The lowest BCUT2D eigenvalue weighted by Crippen LogP contribution is -2.25. The van der Waals surface area contributed by atoms with Gasteiger partial charge in [-0.2, -0.15) is 0 Å². The van der Waals surface area contributed by atoms with Gasteiger partial charge in [0.1, 0.15) is 0 Å². The molecule has 45 heavy (non-hydrogen) atoms. The number of hydrogen-bond acceptors (Lipinski definition) is 1. The van der Waals surface area contributed by atoms with Crippen LogP contribution in [0.25, 0.3) is 64.7 Å². The molecule has 1 spiro atoms. The van der Waals surface area contributed by atoms with Crippen LogP contribution in [0.4, 0.5) is 0 Å². The second-order valence-electron chi connectivity index (χ2n) is 12.5. The quantitative estimate of drug-likeness (QED) is 0.188. The fraction of sp³-hybridized carbons (Fsp3) is 0.0455. The van der Waals surface area contributed by atoms with Gasteiger partial charge >= 0.3 is 0 Å². The molecule has 210 valence electrons. The van der Waals surface area contributed by atoms with Crippen LogP contribution < -0.4 is 0 Å². The molecule has 0 amide bonds. The Labute approximate surface area is 266 Å². The van der Waals surface area contributed by atoms with Crippen LogP contribution in [-0.2, 0) is 5.41 Å². The zero-order chi connectivity index (χ0) is 29.7. The van der Waals surface area contributed by atoms with Crippen molar-refractivity contribution >= 4 is 31.5 Å². The second-order valence-corrected chi connectivity index (χ2v) is 13.6. The molecule has 0 nitrogen and oxygen atoms in total. The first-order chi connectivity index (χ1) is 22.2. The van der Waals surface area contributed by atoms with Gasteiger partial charge in [0, 0.05) is 20.2 Å². The molecule has 0 bridgehead atoms. The molecular formula is C44H28S. The molecule has 2 aliphatic rings.